The summed E-state index contributed by atoms with van der Waals surface area (Å²) in [6.45, 7) is 4.36. The number of aryl methyl sites for hydroxylation is 2. The van der Waals surface area contributed by atoms with E-state index in [4.69, 9.17) is 9.47 Å². The summed E-state index contributed by atoms with van der Waals surface area (Å²) in [7, 11) is 1.37. The highest BCUT2D eigenvalue weighted by Gasteiger charge is 2.27. The van der Waals surface area contributed by atoms with Gasteiger partial charge in [-0.25, -0.2) is 0 Å². The number of carbonyl (C=O) groups is 2. The van der Waals surface area contributed by atoms with Gasteiger partial charge >= 0.3 is 5.97 Å². The van der Waals surface area contributed by atoms with Crippen LogP contribution in [0.5, 0.6) is 5.75 Å². The molecule has 132 valence electrons. The minimum Gasteiger partial charge on any atom is -0.483 e. The zero-order valence-corrected chi connectivity index (χ0v) is 14.8. The molecule has 0 saturated heterocycles. The van der Waals surface area contributed by atoms with E-state index in [2.05, 4.69) is 0 Å². The predicted molar refractivity (Wildman–Crippen MR) is 92.0 cm³/mol. The van der Waals surface area contributed by atoms with Crippen molar-refractivity contribution in [2.45, 2.75) is 52.0 Å². The minimum atomic E-state index is -0.291. The average molecular weight is 333 g/mol. The average Bonchev–Trinajstić information content (AvgIpc) is 3.09. The topological polar surface area (TPSA) is 55.8 Å². The Morgan fingerprint density at radius 2 is 1.92 bits per heavy atom. The van der Waals surface area contributed by atoms with Crippen LogP contribution in [0, 0.1) is 13.8 Å². The van der Waals surface area contributed by atoms with E-state index in [0.29, 0.717) is 6.54 Å². The number of nitrogens with zero attached hydrogens (tertiary/aromatic N) is 1. The lowest BCUT2D eigenvalue weighted by Gasteiger charge is -2.28. The quantitative estimate of drug-likeness (QED) is 0.720. The largest absolute Gasteiger partial charge is 0.483 e. The normalized spacial score (nSPS) is 14.5. The number of amides is 1. The van der Waals surface area contributed by atoms with Crippen LogP contribution in [-0.4, -0.2) is 43.1 Å². The number of carbonyl (C=O) groups excluding carboxylic acids is 2. The maximum absolute atomic E-state index is 12.6. The van der Waals surface area contributed by atoms with Gasteiger partial charge in [0.15, 0.2) is 6.61 Å². The van der Waals surface area contributed by atoms with Gasteiger partial charge in [-0.15, -0.1) is 0 Å². The predicted octanol–water partition coefficient (Wildman–Crippen LogP) is 3.02. The van der Waals surface area contributed by atoms with E-state index >= 15 is 0 Å². The molecule has 1 aromatic rings. The van der Waals surface area contributed by atoms with E-state index in [9.17, 15) is 9.59 Å². The molecular weight excluding hydrogens is 306 g/mol. The molecule has 0 radical (unpaired) electrons. The van der Waals surface area contributed by atoms with E-state index in [1.165, 1.54) is 7.11 Å². The Kier molecular flexibility index (Phi) is 6.64. The van der Waals surface area contributed by atoms with Gasteiger partial charge in [-0.2, -0.15) is 0 Å². The summed E-state index contributed by atoms with van der Waals surface area (Å²) in [5, 5.41) is 0. The lowest BCUT2D eigenvalue weighted by atomic mass is 10.1. The fraction of sp³-hybridized carbons (Fsp3) is 0.579. The van der Waals surface area contributed by atoms with Gasteiger partial charge < -0.3 is 14.4 Å². The molecule has 5 heteroatoms. The second kappa shape index (κ2) is 8.71. The molecule has 1 fully saturated rings. The van der Waals surface area contributed by atoms with Crippen molar-refractivity contribution >= 4 is 11.9 Å². The lowest BCUT2D eigenvalue weighted by molar-refractivity contribution is -0.142. The molecule has 1 amide bonds. The van der Waals surface area contributed by atoms with Gasteiger partial charge in [-0.3, -0.25) is 9.59 Å². The summed E-state index contributed by atoms with van der Waals surface area (Å²) in [6, 6.07) is 6.16. The molecule has 0 atom stereocenters. The second-order valence-electron chi connectivity index (χ2n) is 6.41. The van der Waals surface area contributed by atoms with Crippen molar-refractivity contribution in [2.24, 2.45) is 0 Å². The van der Waals surface area contributed by atoms with Gasteiger partial charge in [0, 0.05) is 12.6 Å². The molecular formula is C19H27NO4. The first-order chi connectivity index (χ1) is 11.5. The zero-order chi connectivity index (χ0) is 17.5. The van der Waals surface area contributed by atoms with Gasteiger partial charge in [0.2, 0.25) is 0 Å². The molecule has 0 heterocycles. The van der Waals surface area contributed by atoms with Crippen molar-refractivity contribution in [1.82, 2.24) is 4.90 Å². The van der Waals surface area contributed by atoms with Crippen LogP contribution in [0.15, 0.2) is 18.2 Å². The summed E-state index contributed by atoms with van der Waals surface area (Å²) in [5.74, 6) is 0.385. The Morgan fingerprint density at radius 3 is 2.58 bits per heavy atom. The monoisotopic (exact) mass is 333 g/mol. The first kappa shape index (κ1) is 18.3. The van der Waals surface area contributed by atoms with Crippen molar-refractivity contribution in [3.63, 3.8) is 0 Å². The maximum Gasteiger partial charge on any atom is 0.307 e. The van der Waals surface area contributed by atoms with Crippen molar-refractivity contribution in [3.05, 3.63) is 29.3 Å². The molecule has 5 nitrogen and oxygen atoms in total. The summed E-state index contributed by atoms with van der Waals surface area (Å²) in [6.07, 6.45) is 4.48. The highest BCUT2D eigenvalue weighted by molar-refractivity contribution is 5.79. The third kappa shape index (κ3) is 4.98. The molecule has 0 bridgehead atoms. The number of methoxy groups -OCH3 is 1. The molecule has 1 aliphatic carbocycles. The van der Waals surface area contributed by atoms with E-state index in [0.717, 1.165) is 42.6 Å². The van der Waals surface area contributed by atoms with Crippen LogP contribution in [0.25, 0.3) is 0 Å². The van der Waals surface area contributed by atoms with Crippen LogP contribution in [0.3, 0.4) is 0 Å². The molecule has 24 heavy (non-hydrogen) atoms. The Hall–Kier alpha value is -2.04. The number of benzene rings is 1. The van der Waals surface area contributed by atoms with Gasteiger partial charge in [0.1, 0.15) is 5.75 Å². The first-order valence-corrected chi connectivity index (χ1v) is 8.57. The number of rotatable bonds is 7. The molecule has 0 N–H and O–H groups in total. The molecule has 0 aliphatic heterocycles. The van der Waals surface area contributed by atoms with Crippen LogP contribution < -0.4 is 4.74 Å². The van der Waals surface area contributed by atoms with Gasteiger partial charge in [0.05, 0.1) is 13.5 Å². The molecule has 1 aromatic carbocycles. The fourth-order valence-corrected chi connectivity index (χ4v) is 3.13. The summed E-state index contributed by atoms with van der Waals surface area (Å²) >= 11 is 0. The van der Waals surface area contributed by atoms with Crippen molar-refractivity contribution in [2.75, 3.05) is 20.3 Å². The van der Waals surface area contributed by atoms with Gasteiger partial charge in [0.25, 0.3) is 5.91 Å². The molecule has 0 unspecified atom stereocenters. The fourth-order valence-electron chi connectivity index (χ4n) is 3.13. The smallest absolute Gasteiger partial charge is 0.307 e. The van der Waals surface area contributed by atoms with Crippen molar-refractivity contribution in [1.29, 1.82) is 0 Å². The van der Waals surface area contributed by atoms with Crippen LogP contribution in [0.2, 0.25) is 0 Å². The standard InChI is InChI=1S/C19H27NO4/c1-14-8-9-15(2)17(12-14)24-13-18(21)20(11-10-19(22)23-3)16-6-4-5-7-16/h8-9,12,16H,4-7,10-11,13H2,1-3H3. The zero-order valence-electron chi connectivity index (χ0n) is 14.8. The van der Waals surface area contributed by atoms with Crippen LogP contribution in [0.1, 0.15) is 43.2 Å². The Bertz CT molecular complexity index is 579. The van der Waals surface area contributed by atoms with E-state index in [1.54, 1.807) is 4.90 Å². The third-order valence-electron chi connectivity index (χ3n) is 4.57. The molecule has 0 aromatic heterocycles. The number of hydrogen-bond acceptors (Lipinski definition) is 4. The van der Waals surface area contributed by atoms with Crippen LogP contribution >= 0.6 is 0 Å². The second-order valence-corrected chi connectivity index (χ2v) is 6.41. The lowest BCUT2D eigenvalue weighted by Crippen LogP contribution is -2.42. The highest BCUT2D eigenvalue weighted by Crippen LogP contribution is 2.24. The third-order valence-corrected chi connectivity index (χ3v) is 4.57. The summed E-state index contributed by atoms with van der Waals surface area (Å²) in [5.41, 5.74) is 2.11. The Labute approximate surface area is 143 Å². The number of hydrogen-bond donors (Lipinski definition) is 0. The minimum absolute atomic E-state index is 0.00195. The van der Waals surface area contributed by atoms with Crippen LogP contribution in [-0.2, 0) is 14.3 Å². The van der Waals surface area contributed by atoms with E-state index in [1.807, 2.05) is 32.0 Å². The Balaban J connectivity index is 1.98. The molecule has 2 rings (SSSR count). The van der Waals surface area contributed by atoms with Crippen LogP contribution in [0.4, 0.5) is 0 Å². The van der Waals surface area contributed by atoms with E-state index < -0.39 is 0 Å². The highest BCUT2D eigenvalue weighted by atomic mass is 16.5. The molecule has 1 saturated carbocycles. The number of esters is 1. The van der Waals surface area contributed by atoms with Crippen molar-refractivity contribution in [3.8, 4) is 5.75 Å². The molecule has 0 spiro atoms. The first-order valence-electron chi connectivity index (χ1n) is 8.57. The number of ether oxygens (including phenoxy) is 2. The Morgan fingerprint density at radius 1 is 1.21 bits per heavy atom. The summed E-state index contributed by atoms with van der Waals surface area (Å²) < 4.78 is 10.4. The van der Waals surface area contributed by atoms with Gasteiger partial charge in [-0.1, -0.05) is 25.0 Å². The molecule has 1 aliphatic rings. The van der Waals surface area contributed by atoms with Gasteiger partial charge in [-0.05, 0) is 43.9 Å². The van der Waals surface area contributed by atoms with E-state index in [-0.39, 0.29) is 30.9 Å². The van der Waals surface area contributed by atoms with Crippen molar-refractivity contribution < 1.29 is 19.1 Å². The summed E-state index contributed by atoms with van der Waals surface area (Å²) in [4.78, 5) is 25.9. The SMILES string of the molecule is COC(=O)CCN(C(=O)COc1cc(C)ccc1C)C1CCCC1. The maximum atomic E-state index is 12.6.